The Bertz CT molecular complexity index is 820. The zero-order valence-corrected chi connectivity index (χ0v) is 12.6. The zero-order valence-electron chi connectivity index (χ0n) is 11.8. The van der Waals surface area contributed by atoms with Crippen molar-refractivity contribution in [3.05, 3.63) is 45.7 Å². The van der Waals surface area contributed by atoms with Crippen molar-refractivity contribution in [2.75, 3.05) is 0 Å². The van der Waals surface area contributed by atoms with E-state index in [4.69, 9.17) is 5.11 Å². The maximum atomic E-state index is 11.1. The van der Waals surface area contributed by atoms with Crippen LogP contribution in [0.25, 0.3) is 11.0 Å². The summed E-state index contributed by atoms with van der Waals surface area (Å²) < 4.78 is 2.11. The first kappa shape index (κ1) is 13.8. The Balaban J connectivity index is 2.09. The van der Waals surface area contributed by atoms with Crippen molar-refractivity contribution in [1.29, 1.82) is 0 Å². The van der Waals surface area contributed by atoms with Gasteiger partial charge in [0.1, 0.15) is 10.8 Å². The molecule has 3 aromatic rings. The molecule has 2 heterocycles. The molecule has 0 aliphatic heterocycles. The lowest BCUT2D eigenvalue weighted by molar-refractivity contribution is 0.0697. The molecule has 0 radical (unpaired) electrons. The summed E-state index contributed by atoms with van der Waals surface area (Å²) in [5, 5.41) is 10.1. The van der Waals surface area contributed by atoms with E-state index in [0.717, 1.165) is 28.3 Å². The topological polar surface area (TPSA) is 68.0 Å². The highest BCUT2D eigenvalue weighted by molar-refractivity contribution is 7.11. The number of aromatic nitrogens is 3. The summed E-state index contributed by atoms with van der Waals surface area (Å²) in [6, 6.07) is 5.07. The predicted molar refractivity (Wildman–Crippen MR) is 82.0 cm³/mol. The maximum Gasteiger partial charge on any atom is 0.335 e. The summed E-state index contributed by atoms with van der Waals surface area (Å²) in [7, 11) is 0. The molecule has 0 saturated heterocycles. The number of hydrogen-bond donors (Lipinski definition) is 1. The number of carboxylic acid groups (broad SMARTS) is 1. The minimum atomic E-state index is -0.931. The molecule has 1 aromatic carbocycles. The van der Waals surface area contributed by atoms with Crippen LogP contribution in [0.5, 0.6) is 0 Å². The molecular weight excluding hydrogens is 286 g/mol. The van der Waals surface area contributed by atoms with Crippen molar-refractivity contribution < 1.29 is 9.90 Å². The lowest BCUT2D eigenvalue weighted by Gasteiger charge is -2.05. The number of hydrogen-bond acceptors (Lipinski definition) is 4. The molecule has 0 spiro atoms. The SMILES string of the molecule is CCc1nc2cc(C(=O)O)ccc2n1Cc1ncc(C)s1. The van der Waals surface area contributed by atoms with Crippen LogP contribution in [0, 0.1) is 6.92 Å². The number of aromatic carboxylic acids is 1. The fraction of sp³-hybridized carbons (Fsp3) is 0.267. The lowest BCUT2D eigenvalue weighted by Crippen LogP contribution is -2.04. The Morgan fingerprint density at radius 2 is 2.24 bits per heavy atom. The number of thiazole rings is 1. The summed E-state index contributed by atoms with van der Waals surface area (Å²) in [6.45, 7) is 4.75. The van der Waals surface area contributed by atoms with Crippen LogP contribution in [-0.4, -0.2) is 25.6 Å². The second-order valence-electron chi connectivity index (χ2n) is 4.84. The number of carbonyl (C=O) groups is 1. The van der Waals surface area contributed by atoms with Gasteiger partial charge < -0.3 is 9.67 Å². The maximum absolute atomic E-state index is 11.1. The number of fused-ring (bicyclic) bond motifs is 1. The first-order chi connectivity index (χ1) is 10.1. The number of imidazole rings is 1. The number of benzene rings is 1. The molecule has 0 saturated carbocycles. The van der Waals surface area contributed by atoms with Crippen LogP contribution in [0.2, 0.25) is 0 Å². The van der Waals surface area contributed by atoms with Crippen molar-refractivity contribution in [2.24, 2.45) is 0 Å². The van der Waals surface area contributed by atoms with Gasteiger partial charge in [0, 0.05) is 17.5 Å². The quantitative estimate of drug-likeness (QED) is 0.804. The van der Waals surface area contributed by atoms with E-state index in [1.165, 1.54) is 4.88 Å². The van der Waals surface area contributed by atoms with E-state index in [1.54, 1.807) is 23.5 Å². The summed E-state index contributed by atoms with van der Waals surface area (Å²) in [5.41, 5.74) is 1.93. The molecule has 1 N–H and O–H groups in total. The molecule has 0 fully saturated rings. The number of carboxylic acids is 1. The second kappa shape index (κ2) is 5.29. The van der Waals surface area contributed by atoms with Crippen LogP contribution in [-0.2, 0) is 13.0 Å². The van der Waals surface area contributed by atoms with Crippen molar-refractivity contribution in [3.63, 3.8) is 0 Å². The van der Waals surface area contributed by atoms with Gasteiger partial charge in [-0.05, 0) is 25.1 Å². The second-order valence-corrected chi connectivity index (χ2v) is 6.16. The molecule has 2 aromatic heterocycles. The highest BCUT2D eigenvalue weighted by Gasteiger charge is 2.13. The zero-order chi connectivity index (χ0) is 15.0. The van der Waals surface area contributed by atoms with Gasteiger partial charge in [-0.1, -0.05) is 6.92 Å². The highest BCUT2D eigenvalue weighted by Crippen LogP contribution is 2.21. The molecular formula is C15H15N3O2S. The smallest absolute Gasteiger partial charge is 0.335 e. The molecule has 108 valence electrons. The fourth-order valence-corrected chi connectivity index (χ4v) is 3.14. The van der Waals surface area contributed by atoms with Crippen molar-refractivity contribution in [3.8, 4) is 0 Å². The van der Waals surface area contributed by atoms with Gasteiger partial charge in [-0.3, -0.25) is 0 Å². The monoisotopic (exact) mass is 301 g/mol. The van der Waals surface area contributed by atoms with E-state index in [9.17, 15) is 4.79 Å². The van der Waals surface area contributed by atoms with E-state index in [0.29, 0.717) is 6.54 Å². The number of aryl methyl sites for hydroxylation is 2. The minimum Gasteiger partial charge on any atom is -0.478 e. The summed E-state index contributed by atoms with van der Waals surface area (Å²) in [4.78, 5) is 21.2. The molecule has 3 rings (SSSR count). The normalized spacial score (nSPS) is 11.1. The molecule has 0 unspecified atom stereocenters. The Morgan fingerprint density at radius 1 is 1.43 bits per heavy atom. The van der Waals surface area contributed by atoms with Gasteiger partial charge in [-0.2, -0.15) is 0 Å². The fourth-order valence-electron chi connectivity index (χ4n) is 2.37. The van der Waals surface area contributed by atoms with Gasteiger partial charge in [0.2, 0.25) is 0 Å². The number of rotatable bonds is 4. The third-order valence-electron chi connectivity index (χ3n) is 3.35. The van der Waals surface area contributed by atoms with E-state index in [-0.39, 0.29) is 5.56 Å². The summed E-state index contributed by atoms with van der Waals surface area (Å²) in [5.74, 6) is 0.0143. The van der Waals surface area contributed by atoms with Crippen LogP contribution in [0.3, 0.4) is 0 Å². The average Bonchev–Trinajstić information content (AvgIpc) is 3.02. The van der Waals surface area contributed by atoms with E-state index < -0.39 is 5.97 Å². The van der Waals surface area contributed by atoms with Crippen molar-refractivity contribution >= 4 is 28.3 Å². The first-order valence-electron chi connectivity index (χ1n) is 6.72. The van der Waals surface area contributed by atoms with Crippen LogP contribution in [0.4, 0.5) is 0 Å². The standard InChI is InChI=1S/C15H15N3O2S/c1-3-13-17-11-6-10(15(19)20)4-5-12(11)18(13)8-14-16-7-9(2)21-14/h4-7H,3,8H2,1-2H3,(H,19,20). The Hall–Kier alpha value is -2.21. The molecule has 0 aliphatic carbocycles. The van der Waals surface area contributed by atoms with Crippen molar-refractivity contribution in [1.82, 2.24) is 14.5 Å². The molecule has 6 heteroatoms. The van der Waals surface area contributed by atoms with Gasteiger partial charge in [0.25, 0.3) is 0 Å². The predicted octanol–water partition coefficient (Wildman–Crippen LogP) is 3.11. The molecule has 0 amide bonds. The van der Waals surface area contributed by atoms with Gasteiger partial charge in [0.05, 0.1) is 23.1 Å². The van der Waals surface area contributed by atoms with E-state index >= 15 is 0 Å². The summed E-state index contributed by atoms with van der Waals surface area (Å²) >= 11 is 1.67. The van der Waals surface area contributed by atoms with Crippen LogP contribution < -0.4 is 0 Å². The third-order valence-corrected chi connectivity index (χ3v) is 4.25. The molecule has 0 aliphatic rings. The summed E-state index contributed by atoms with van der Waals surface area (Å²) in [6.07, 6.45) is 2.66. The Morgan fingerprint density at radius 3 is 2.86 bits per heavy atom. The largest absolute Gasteiger partial charge is 0.478 e. The number of nitrogens with zero attached hydrogens (tertiary/aromatic N) is 3. The van der Waals surface area contributed by atoms with Crippen LogP contribution >= 0.6 is 11.3 Å². The minimum absolute atomic E-state index is 0.264. The van der Waals surface area contributed by atoms with Crippen LogP contribution in [0.1, 0.15) is 33.0 Å². The first-order valence-corrected chi connectivity index (χ1v) is 7.54. The molecule has 0 bridgehead atoms. The Kier molecular flexibility index (Phi) is 3.47. The van der Waals surface area contributed by atoms with E-state index in [2.05, 4.69) is 14.5 Å². The highest BCUT2D eigenvalue weighted by atomic mass is 32.1. The van der Waals surface area contributed by atoms with Gasteiger partial charge >= 0.3 is 5.97 Å². The molecule has 21 heavy (non-hydrogen) atoms. The lowest BCUT2D eigenvalue weighted by atomic mass is 10.2. The third kappa shape index (κ3) is 2.54. The van der Waals surface area contributed by atoms with Crippen LogP contribution in [0.15, 0.2) is 24.4 Å². The Labute approximate surface area is 125 Å². The van der Waals surface area contributed by atoms with Gasteiger partial charge in [-0.25, -0.2) is 14.8 Å². The van der Waals surface area contributed by atoms with Gasteiger partial charge in [0.15, 0.2) is 0 Å². The van der Waals surface area contributed by atoms with E-state index in [1.807, 2.05) is 26.1 Å². The van der Waals surface area contributed by atoms with Gasteiger partial charge in [-0.15, -0.1) is 11.3 Å². The molecule has 0 atom stereocenters. The van der Waals surface area contributed by atoms with Crippen molar-refractivity contribution in [2.45, 2.75) is 26.8 Å². The molecule has 5 nitrogen and oxygen atoms in total. The average molecular weight is 301 g/mol.